The molecule has 2 aliphatic heterocycles. The van der Waals surface area contributed by atoms with Crippen LogP contribution in [-0.2, 0) is 4.74 Å². The Bertz CT molecular complexity index is 1540. The van der Waals surface area contributed by atoms with Crippen LogP contribution in [0.2, 0.25) is 0 Å². The van der Waals surface area contributed by atoms with Crippen molar-refractivity contribution in [2.75, 3.05) is 44.3 Å². The molecule has 1 amide bonds. The summed E-state index contributed by atoms with van der Waals surface area (Å²) in [7, 11) is 0. The Labute approximate surface area is 238 Å². The Morgan fingerprint density at radius 1 is 1.07 bits per heavy atom. The van der Waals surface area contributed by atoms with Crippen LogP contribution in [0.25, 0.3) is 27.4 Å². The summed E-state index contributed by atoms with van der Waals surface area (Å²) >= 11 is 1.48. The second-order valence-corrected chi connectivity index (χ2v) is 12.4. The van der Waals surface area contributed by atoms with Gasteiger partial charge >= 0.3 is 0 Å². The van der Waals surface area contributed by atoms with Crippen molar-refractivity contribution in [3.63, 3.8) is 0 Å². The summed E-state index contributed by atoms with van der Waals surface area (Å²) in [5.41, 5.74) is 4.01. The van der Waals surface area contributed by atoms with Crippen LogP contribution < -0.4 is 4.90 Å². The van der Waals surface area contributed by atoms with E-state index in [0.717, 1.165) is 58.8 Å². The molecule has 2 aliphatic rings. The van der Waals surface area contributed by atoms with Crippen LogP contribution >= 0.6 is 11.3 Å². The smallest absolute Gasteiger partial charge is 0.264 e. The zero-order chi connectivity index (χ0) is 28.0. The largest absolute Gasteiger partial charge is 0.390 e. The fourth-order valence-electron chi connectivity index (χ4n) is 5.68. The molecule has 3 aromatic heterocycles. The molecule has 2 saturated heterocycles. The van der Waals surface area contributed by atoms with Crippen molar-refractivity contribution in [3.05, 3.63) is 52.5 Å². The molecule has 0 aliphatic carbocycles. The van der Waals surface area contributed by atoms with Gasteiger partial charge in [0, 0.05) is 37.9 Å². The van der Waals surface area contributed by atoms with Gasteiger partial charge in [-0.25, -0.2) is 9.67 Å². The van der Waals surface area contributed by atoms with Gasteiger partial charge in [-0.15, -0.1) is 11.3 Å². The van der Waals surface area contributed by atoms with E-state index in [1.54, 1.807) is 4.68 Å². The molecule has 0 atom stereocenters. The van der Waals surface area contributed by atoms with Crippen LogP contribution in [0, 0.1) is 19.8 Å². The fourth-order valence-corrected chi connectivity index (χ4v) is 6.92. The number of benzene rings is 1. The summed E-state index contributed by atoms with van der Waals surface area (Å²) in [6, 6.07) is 10.2. The monoisotopic (exact) mass is 560 g/mol. The predicted octanol–water partition coefficient (Wildman–Crippen LogP) is 4.62. The molecule has 9 nitrogen and oxygen atoms in total. The Balaban J connectivity index is 1.38. The molecule has 0 spiro atoms. The molecule has 5 heterocycles. The third-order valence-corrected chi connectivity index (χ3v) is 9.39. The molecule has 10 heteroatoms. The summed E-state index contributed by atoms with van der Waals surface area (Å²) < 4.78 is 8.25. The van der Waals surface area contributed by atoms with Gasteiger partial charge < -0.3 is 19.6 Å². The lowest BCUT2D eigenvalue weighted by molar-refractivity contribution is -0.0107. The minimum atomic E-state index is -0.729. The second kappa shape index (κ2) is 10.6. The lowest BCUT2D eigenvalue weighted by Crippen LogP contribution is -2.44. The highest BCUT2D eigenvalue weighted by Gasteiger charge is 2.34. The molecular formula is C30H36N6O3S. The first kappa shape index (κ1) is 26.9. The summed E-state index contributed by atoms with van der Waals surface area (Å²) in [6.07, 6.45) is 3.48. The summed E-state index contributed by atoms with van der Waals surface area (Å²) in [5, 5.41) is 15.3. The number of aryl methyl sites for hydroxylation is 2. The minimum Gasteiger partial charge on any atom is -0.390 e. The third kappa shape index (κ3) is 5.11. The van der Waals surface area contributed by atoms with E-state index in [0.29, 0.717) is 37.1 Å². The van der Waals surface area contributed by atoms with E-state index < -0.39 is 5.60 Å². The van der Waals surface area contributed by atoms with Crippen molar-refractivity contribution in [3.8, 4) is 17.2 Å². The zero-order valence-electron chi connectivity index (χ0n) is 23.6. The number of morpholine rings is 1. The van der Waals surface area contributed by atoms with Gasteiger partial charge in [0.05, 0.1) is 39.6 Å². The van der Waals surface area contributed by atoms with Crippen LogP contribution in [0.5, 0.6) is 0 Å². The maximum atomic E-state index is 13.8. The Hall–Kier alpha value is -3.34. The van der Waals surface area contributed by atoms with E-state index in [1.807, 2.05) is 50.1 Å². The maximum Gasteiger partial charge on any atom is 0.264 e. The number of thiophene rings is 1. The number of carbonyl (C=O) groups is 1. The number of rotatable bonds is 5. The van der Waals surface area contributed by atoms with Crippen LogP contribution in [-0.4, -0.2) is 80.7 Å². The summed E-state index contributed by atoms with van der Waals surface area (Å²) in [5.74, 6) is 1.53. The summed E-state index contributed by atoms with van der Waals surface area (Å²) in [6.45, 7) is 11.8. The van der Waals surface area contributed by atoms with Crippen molar-refractivity contribution in [2.24, 2.45) is 5.92 Å². The molecule has 40 heavy (non-hydrogen) atoms. The van der Waals surface area contributed by atoms with E-state index in [9.17, 15) is 9.90 Å². The minimum absolute atomic E-state index is 0.0324. The van der Waals surface area contributed by atoms with Crippen LogP contribution in [0.3, 0.4) is 0 Å². The molecule has 6 rings (SSSR count). The van der Waals surface area contributed by atoms with Gasteiger partial charge in [0.1, 0.15) is 0 Å². The number of carbonyl (C=O) groups excluding carboxylic acids is 1. The van der Waals surface area contributed by atoms with Crippen molar-refractivity contribution in [2.45, 2.75) is 46.1 Å². The molecule has 0 saturated carbocycles. The molecular weight excluding hydrogens is 524 g/mol. The molecule has 0 radical (unpaired) electrons. The Morgan fingerprint density at radius 2 is 1.82 bits per heavy atom. The van der Waals surface area contributed by atoms with E-state index in [4.69, 9.17) is 19.8 Å². The van der Waals surface area contributed by atoms with Gasteiger partial charge in [-0.05, 0) is 64.2 Å². The number of piperidine rings is 1. The van der Waals surface area contributed by atoms with E-state index >= 15 is 0 Å². The van der Waals surface area contributed by atoms with E-state index in [1.165, 1.54) is 16.9 Å². The second-order valence-electron chi connectivity index (χ2n) is 11.4. The number of hydrogen-bond acceptors (Lipinski definition) is 8. The average Bonchev–Trinajstić information content (AvgIpc) is 3.58. The Morgan fingerprint density at radius 3 is 2.52 bits per heavy atom. The highest BCUT2D eigenvalue weighted by atomic mass is 32.1. The molecule has 1 aromatic carbocycles. The number of aromatic nitrogens is 4. The van der Waals surface area contributed by atoms with Crippen molar-refractivity contribution < 1.29 is 14.6 Å². The van der Waals surface area contributed by atoms with Crippen LogP contribution in [0.1, 0.15) is 47.5 Å². The molecule has 1 N–H and O–H groups in total. The molecule has 2 fully saturated rings. The number of anilines is 1. The van der Waals surface area contributed by atoms with Gasteiger partial charge in [0.15, 0.2) is 5.82 Å². The first-order valence-electron chi connectivity index (χ1n) is 14.0. The number of amides is 1. The quantitative estimate of drug-likeness (QED) is 0.380. The fraction of sp³-hybridized carbons (Fsp3) is 0.467. The SMILES string of the molecule is Cc1cccc(-c2ccn(-c3nc(N4CCOCC4)c4sc(C(=O)N5CCC(C(C)(C)O)CC5)c(C)c4n3)n2)c1. The maximum absolute atomic E-state index is 13.8. The van der Waals surface area contributed by atoms with E-state index in [2.05, 4.69) is 24.0 Å². The normalized spacial score (nSPS) is 17.1. The van der Waals surface area contributed by atoms with Gasteiger partial charge in [0.25, 0.3) is 11.9 Å². The van der Waals surface area contributed by atoms with Crippen LogP contribution in [0.4, 0.5) is 5.82 Å². The lowest BCUT2D eigenvalue weighted by atomic mass is 9.83. The van der Waals surface area contributed by atoms with Gasteiger partial charge in [0.2, 0.25) is 0 Å². The highest BCUT2D eigenvalue weighted by Crippen LogP contribution is 2.38. The lowest BCUT2D eigenvalue weighted by Gasteiger charge is -2.37. The molecule has 0 bridgehead atoms. The first-order valence-corrected chi connectivity index (χ1v) is 14.8. The number of hydrogen-bond donors (Lipinski definition) is 1. The number of aliphatic hydroxyl groups is 1. The van der Waals surface area contributed by atoms with Crippen molar-refractivity contribution >= 4 is 33.3 Å². The standard InChI is InChI=1S/C30H36N6O3S/c1-19-6-5-7-21(18-19)23-10-13-36(33-23)29-31-24-20(2)25(28(37)35-11-8-22(9-12-35)30(3,4)38)40-26(24)27(32-29)34-14-16-39-17-15-34/h5-7,10,13,18,22,38H,8-9,11-12,14-17H2,1-4H3. The predicted molar refractivity (Wildman–Crippen MR) is 157 cm³/mol. The van der Waals surface area contributed by atoms with E-state index in [-0.39, 0.29) is 11.8 Å². The number of ether oxygens (including phenoxy) is 1. The Kier molecular flexibility index (Phi) is 7.10. The van der Waals surface area contributed by atoms with Gasteiger partial charge in [-0.1, -0.05) is 23.8 Å². The molecule has 4 aromatic rings. The third-order valence-electron chi connectivity index (χ3n) is 8.13. The highest BCUT2D eigenvalue weighted by molar-refractivity contribution is 7.21. The average molecular weight is 561 g/mol. The number of likely N-dealkylation sites (tertiary alicyclic amines) is 1. The first-order chi connectivity index (χ1) is 19.2. The number of fused-ring (bicyclic) bond motifs is 1. The zero-order valence-corrected chi connectivity index (χ0v) is 24.4. The van der Waals surface area contributed by atoms with Crippen molar-refractivity contribution in [1.29, 1.82) is 0 Å². The van der Waals surface area contributed by atoms with Crippen LogP contribution in [0.15, 0.2) is 36.5 Å². The van der Waals surface area contributed by atoms with Gasteiger partial charge in [-0.2, -0.15) is 10.1 Å². The molecule has 210 valence electrons. The summed E-state index contributed by atoms with van der Waals surface area (Å²) in [4.78, 5) is 28.6. The molecule has 0 unspecified atom stereocenters. The van der Waals surface area contributed by atoms with Crippen molar-refractivity contribution in [1.82, 2.24) is 24.6 Å². The van der Waals surface area contributed by atoms with Gasteiger partial charge in [-0.3, -0.25) is 4.79 Å². The number of nitrogens with zero attached hydrogens (tertiary/aromatic N) is 6. The topological polar surface area (TPSA) is 96.6 Å².